The number of rotatable bonds is 2. The molecule has 0 fully saturated rings. The maximum Gasteiger partial charge on any atom is 0.363 e. The van der Waals surface area contributed by atoms with E-state index >= 15 is 0 Å². The van der Waals surface area contributed by atoms with Crippen molar-refractivity contribution in [3.8, 4) is 0 Å². The smallest absolute Gasteiger partial charge is 0.363 e. The van der Waals surface area contributed by atoms with E-state index in [1.807, 2.05) is 48.5 Å². The molecule has 0 aliphatic carbocycles. The van der Waals surface area contributed by atoms with Gasteiger partial charge in [-0.15, -0.1) is 11.3 Å². The van der Waals surface area contributed by atoms with Gasteiger partial charge in [0.2, 0.25) is 5.90 Å². The molecule has 0 bridgehead atoms. The summed E-state index contributed by atoms with van der Waals surface area (Å²) in [5, 5.41) is 1.47. The molecule has 0 N–H and O–H groups in total. The van der Waals surface area contributed by atoms with Gasteiger partial charge < -0.3 is 4.74 Å². The number of benzene rings is 2. The molecule has 2 aromatic carbocycles. The summed E-state index contributed by atoms with van der Waals surface area (Å²) in [7, 11) is 0. The molecule has 1 aromatic heterocycles. The van der Waals surface area contributed by atoms with Gasteiger partial charge in [0.25, 0.3) is 0 Å². The molecule has 0 unspecified atom stereocenters. The van der Waals surface area contributed by atoms with Crippen LogP contribution in [0.1, 0.15) is 10.4 Å². The summed E-state index contributed by atoms with van der Waals surface area (Å²) < 4.78 is 7.30. The number of carbonyl (C=O) groups is 1. The predicted octanol–water partition coefficient (Wildman–Crippen LogP) is 5.66. The van der Waals surface area contributed by atoms with E-state index in [0.717, 1.165) is 20.1 Å². The number of esters is 1. The fraction of sp³-hybridized carbons (Fsp3) is 0. The highest BCUT2D eigenvalue weighted by molar-refractivity contribution is 9.10. The Labute approximate surface area is 155 Å². The van der Waals surface area contributed by atoms with Gasteiger partial charge in [-0.3, -0.25) is 0 Å². The Balaban J connectivity index is 1.78. The monoisotopic (exact) mass is 417 g/mol. The number of nitrogens with zero attached hydrogens (tertiary/aromatic N) is 1. The van der Waals surface area contributed by atoms with Crippen LogP contribution >= 0.6 is 38.9 Å². The first-order valence-corrected chi connectivity index (χ1v) is 9.06. The van der Waals surface area contributed by atoms with Crippen molar-refractivity contribution >= 4 is 66.9 Å². The van der Waals surface area contributed by atoms with E-state index in [9.17, 15) is 4.79 Å². The highest BCUT2D eigenvalue weighted by Gasteiger charge is 2.27. The predicted molar refractivity (Wildman–Crippen MR) is 102 cm³/mol. The first-order chi connectivity index (χ1) is 11.6. The van der Waals surface area contributed by atoms with Crippen LogP contribution in [0.5, 0.6) is 0 Å². The van der Waals surface area contributed by atoms with E-state index in [0.29, 0.717) is 9.90 Å². The van der Waals surface area contributed by atoms with Crippen LogP contribution in [0.25, 0.3) is 16.2 Å². The molecule has 0 radical (unpaired) electrons. The Bertz CT molecular complexity index is 1020. The highest BCUT2D eigenvalue weighted by Crippen LogP contribution is 2.38. The lowest BCUT2D eigenvalue weighted by atomic mass is 10.2. The summed E-state index contributed by atoms with van der Waals surface area (Å²) in [6.07, 6.45) is 1.70. The first kappa shape index (κ1) is 15.6. The summed E-state index contributed by atoms with van der Waals surface area (Å²) in [6.45, 7) is 0. The van der Waals surface area contributed by atoms with Crippen LogP contribution in [-0.4, -0.2) is 11.9 Å². The van der Waals surface area contributed by atoms with Crippen molar-refractivity contribution in [1.82, 2.24) is 0 Å². The Morgan fingerprint density at radius 1 is 1.17 bits per heavy atom. The average Bonchev–Trinajstić information content (AvgIpc) is 3.09. The van der Waals surface area contributed by atoms with Crippen molar-refractivity contribution in [2.45, 2.75) is 0 Å². The van der Waals surface area contributed by atoms with Crippen molar-refractivity contribution in [2.24, 2.45) is 4.99 Å². The molecule has 0 atom stereocenters. The molecule has 3 aromatic rings. The Kier molecular flexibility index (Phi) is 4.00. The minimum absolute atomic E-state index is 0.254. The molecule has 1 aliphatic rings. The zero-order valence-corrected chi connectivity index (χ0v) is 15.3. The summed E-state index contributed by atoms with van der Waals surface area (Å²) in [5.74, 6) is -0.215. The van der Waals surface area contributed by atoms with E-state index in [-0.39, 0.29) is 11.6 Å². The molecule has 6 heteroatoms. The number of thiophene rings is 1. The fourth-order valence-corrected chi connectivity index (χ4v) is 4.38. The van der Waals surface area contributed by atoms with Crippen LogP contribution in [-0.2, 0) is 9.53 Å². The molecule has 3 nitrogen and oxygen atoms in total. The molecule has 0 spiro atoms. The van der Waals surface area contributed by atoms with Gasteiger partial charge in [-0.1, -0.05) is 63.9 Å². The molecule has 0 amide bonds. The van der Waals surface area contributed by atoms with E-state index in [4.69, 9.17) is 16.3 Å². The van der Waals surface area contributed by atoms with E-state index < -0.39 is 5.97 Å². The second-order valence-electron chi connectivity index (χ2n) is 5.13. The molecular weight excluding hydrogens is 410 g/mol. The first-order valence-electron chi connectivity index (χ1n) is 7.07. The number of ether oxygens (including phenoxy) is 1. The number of fused-ring (bicyclic) bond motifs is 1. The minimum atomic E-state index is -0.469. The van der Waals surface area contributed by atoms with Crippen LogP contribution in [0.15, 0.2) is 63.7 Å². The van der Waals surface area contributed by atoms with E-state index in [1.165, 1.54) is 11.3 Å². The van der Waals surface area contributed by atoms with Crippen molar-refractivity contribution in [3.05, 3.63) is 74.2 Å². The van der Waals surface area contributed by atoms with Gasteiger partial charge in [-0.25, -0.2) is 9.79 Å². The lowest BCUT2D eigenvalue weighted by molar-refractivity contribution is -0.129. The second kappa shape index (κ2) is 6.16. The van der Waals surface area contributed by atoms with Gasteiger partial charge in [0.1, 0.15) is 4.88 Å². The van der Waals surface area contributed by atoms with Crippen molar-refractivity contribution in [2.75, 3.05) is 0 Å². The minimum Gasteiger partial charge on any atom is -0.401 e. The maximum atomic E-state index is 12.1. The molecule has 118 valence electrons. The summed E-state index contributed by atoms with van der Waals surface area (Å²) in [5.41, 5.74) is 1.16. The van der Waals surface area contributed by atoms with Crippen LogP contribution in [0.4, 0.5) is 0 Å². The Hall–Kier alpha value is -1.95. The van der Waals surface area contributed by atoms with Gasteiger partial charge in [-0.2, -0.15) is 0 Å². The molecule has 1 aliphatic heterocycles. The van der Waals surface area contributed by atoms with Crippen molar-refractivity contribution in [1.29, 1.82) is 0 Å². The third-order valence-electron chi connectivity index (χ3n) is 3.51. The number of carbonyl (C=O) groups excluding carboxylic acids is 1. The van der Waals surface area contributed by atoms with Crippen LogP contribution in [0.2, 0.25) is 5.02 Å². The van der Waals surface area contributed by atoms with Crippen molar-refractivity contribution < 1.29 is 9.53 Å². The van der Waals surface area contributed by atoms with Gasteiger partial charge in [0.15, 0.2) is 5.70 Å². The lowest BCUT2D eigenvalue weighted by Crippen LogP contribution is -2.04. The summed E-state index contributed by atoms with van der Waals surface area (Å²) in [4.78, 5) is 17.1. The third kappa shape index (κ3) is 2.79. The molecule has 4 rings (SSSR count). The lowest BCUT2D eigenvalue weighted by Gasteiger charge is -1.95. The number of cyclic esters (lactones) is 1. The Morgan fingerprint density at radius 3 is 2.75 bits per heavy atom. The number of aliphatic imine (C=N–C) groups is 1. The topological polar surface area (TPSA) is 38.7 Å². The standard InChI is InChI=1S/C18H9BrClNO2S/c19-11-6-7-12-14(9-11)24-16(15(12)20)17-21-13(18(22)23-17)8-10-4-2-1-3-5-10/h1-9H/b13-8+. The largest absolute Gasteiger partial charge is 0.401 e. The fourth-order valence-electron chi connectivity index (χ4n) is 2.39. The quantitative estimate of drug-likeness (QED) is 0.398. The summed E-state index contributed by atoms with van der Waals surface area (Å²) >= 11 is 11.3. The van der Waals surface area contributed by atoms with Crippen LogP contribution in [0, 0.1) is 0 Å². The van der Waals surface area contributed by atoms with Crippen LogP contribution < -0.4 is 0 Å². The summed E-state index contributed by atoms with van der Waals surface area (Å²) in [6, 6.07) is 15.4. The maximum absolute atomic E-state index is 12.1. The molecule has 0 saturated heterocycles. The number of hydrogen-bond acceptors (Lipinski definition) is 4. The van der Waals surface area contributed by atoms with E-state index in [2.05, 4.69) is 20.9 Å². The molecule has 2 heterocycles. The molecular formula is C18H9BrClNO2S. The van der Waals surface area contributed by atoms with Gasteiger partial charge in [-0.05, 0) is 23.8 Å². The number of halogens is 2. The zero-order chi connectivity index (χ0) is 16.7. The van der Waals surface area contributed by atoms with Gasteiger partial charge >= 0.3 is 5.97 Å². The highest BCUT2D eigenvalue weighted by atomic mass is 79.9. The zero-order valence-electron chi connectivity index (χ0n) is 12.1. The third-order valence-corrected chi connectivity index (χ3v) is 5.65. The molecule has 24 heavy (non-hydrogen) atoms. The van der Waals surface area contributed by atoms with Crippen LogP contribution in [0.3, 0.4) is 0 Å². The normalized spacial score (nSPS) is 15.8. The average molecular weight is 419 g/mol. The second-order valence-corrected chi connectivity index (χ2v) is 7.48. The van der Waals surface area contributed by atoms with Crippen molar-refractivity contribution in [3.63, 3.8) is 0 Å². The SMILES string of the molecule is O=C1OC(c2sc3cc(Br)ccc3c2Cl)=N/C1=C/c1ccccc1. The molecule has 0 saturated carbocycles. The Morgan fingerprint density at radius 2 is 1.96 bits per heavy atom. The van der Waals surface area contributed by atoms with Gasteiger partial charge in [0.05, 0.1) is 5.02 Å². The number of hydrogen-bond donors (Lipinski definition) is 0. The van der Waals surface area contributed by atoms with Gasteiger partial charge in [0, 0.05) is 14.6 Å². The van der Waals surface area contributed by atoms with E-state index in [1.54, 1.807) is 6.08 Å².